The Bertz CT molecular complexity index is 484. The van der Waals surface area contributed by atoms with Crippen molar-refractivity contribution in [3.63, 3.8) is 0 Å². The average molecular weight is 200 g/mol. The maximum atomic E-state index is 3.57. The Kier molecular flexibility index (Phi) is 2.03. The maximum Gasteiger partial charge on any atom is 0.0459 e. The van der Waals surface area contributed by atoms with Gasteiger partial charge >= 0.3 is 0 Å². The van der Waals surface area contributed by atoms with Gasteiger partial charge in [0.25, 0.3) is 0 Å². The predicted octanol–water partition coefficient (Wildman–Crippen LogP) is 2.42. The smallest absolute Gasteiger partial charge is 0.0459 e. The van der Waals surface area contributed by atoms with Crippen LogP contribution in [0.15, 0.2) is 24.3 Å². The minimum absolute atomic E-state index is 0.592. The van der Waals surface area contributed by atoms with Crippen molar-refractivity contribution in [1.29, 1.82) is 0 Å². The van der Waals surface area contributed by atoms with Gasteiger partial charge < -0.3 is 10.3 Å². The molecule has 2 heteroatoms. The van der Waals surface area contributed by atoms with E-state index in [2.05, 4.69) is 41.5 Å². The van der Waals surface area contributed by atoms with E-state index in [0.29, 0.717) is 5.92 Å². The fourth-order valence-electron chi connectivity index (χ4n) is 2.54. The van der Waals surface area contributed by atoms with E-state index in [1.807, 2.05) is 0 Å². The molecule has 0 saturated carbocycles. The molecule has 2 nitrogen and oxygen atoms in total. The standard InChI is InChI=1S/C13H16N2/c1-9-8-14-7-6-11-10-4-2-3-5-12(10)15-13(9)11/h2-5,9,14-15H,6-8H2,1H3. The molecule has 15 heavy (non-hydrogen) atoms. The molecule has 1 aliphatic heterocycles. The molecule has 0 bridgehead atoms. The van der Waals surface area contributed by atoms with Crippen LogP contribution in [0.5, 0.6) is 0 Å². The molecule has 2 aromatic rings. The molecule has 2 N–H and O–H groups in total. The first kappa shape index (κ1) is 8.98. The molecular formula is C13H16N2. The normalized spacial score (nSPS) is 21.3. The summed E-state index contributed by atoms with van der Waals surface area (Å²) in [5.74, 6) is 0.592. The van der Waals surface area contributed by atoms with Crippen LogP contribution < -0.4 is 5.32 Å². The third-order valence-electron chi connectivity index (χ3n) is 3.34. The first-order valence-corrected chi connectivity index (χ1v) is 5.66. The minimum Gasteiger partial charge on any atom is -0.358 e. The fraction of sp³-hybridized carbons (Fsp3) is 0.385. The van der Waals surface area contributed by atoms with Gasteiger partial charge in [-0.25, -0.2) is 0 Å². The molecule has 1 unspecified atom stereocenters. The monoisotopic (exact) mass is 200 g/mol. The largest absolute Gasteiger partial charge is 0.358 e. The molecule has 1 aromatic carbocycles. The van der Waals surface area contributed by atoms with Crippen molar-refractivity contribution < 1.29 is 0 Å². The second-order valence-corrected chi connectivity index (χ2v) is 4.42. The van der Waals surface area contributed by atoms with E-state index in [1.165, 1.54) is 22.2 Å². The Morgan fingerprint density at radius 1 is 1.27 bits per heavy atom. The van der Waals surface area contributed by atoms with E-state index in [0.717, 1.165) is 19.5 Å². The SMILES string of the molecule is CC1CNCCc2c1[nH]c1ccccc21. The molecule has 78 valence electrons. The minimum atomic E-state index is 0.592. The molecule has 0 radical (unpaired) electrons. The Hall–Kier alpha value is -1.28. The molecule has 1 atom stereocenters. The fourth-order valence-corrected chi connectivity index (χ4v) is 2.54. The number of aromatic amines is 1. The van der Waals surface area contributed by atoms with Crippen LogP contribution in [-0.4, -0.2) is 18.1 Å². The Labute approximate surface area is 89.7 Å². The molecule has 0 saturated heterocycles. The van der Waals surface area contributed by atoms with Crippen molar-refractivity contribution in [3.05, 3.63) is 35.5 Å². The highest BCUT2D eigenvalue weighted by atomic mass is 14.9. The Balaban J connectivity index is 2.26. The lowest BCUT2D eigenvalue weighted by molar-refractivity contribution is 0.637. The zero-order chi connectivity index (χ0) is 10.3. The van der Waals surface area contributed by atoms with Crippen molar-refractivity contribution in [1.82, 2.24) is 10.3 Å². The number of fused-ring (bicyclic) bond motifs is 3. The van der Waals surface area contributed by atoms with Gasteiger partial charge in [-0.15, -0.1) is 0 Å². The van der Waals surface area contributed by atoms with Crippen LogP contribution in [0.25, 0.3) is 10.9 Å². The number of nitrogens with one attached hydrogen (secondary N) is 2. The van der Waals surface area contributed by atoms with Gasteiger partial charge in [-0.05, 0) is 24.6 Å². The van der Waals surface area contributed by atoms with Gasteiger partial charge in [0.05, 0.1) is 0 Å². The second-order valence-electron chi connectivity index (χ2n) is 4.42. The molecule has 0 aliphatic carbocycles. The van der Waals surface area contributed by atoms with Gasteiger partial charge in [0, 0.05) is 29.1 Å². The van der Waals surface area contributed by atoms with Crippen molar-refractivity contribution in [2.45, 2.75) is 19.3 Å². The summed E-state index contributed by atoms with van der Waals surface area (Å²) in [6, 6.07) is 8.62. The van der Waals surface area contributed by atoms with E-state index in [-0.39, 0.29) is 0 Å². The summed E-state index contributed by atoms with van der Waals surface area (Å²) in [6.45, 7) is 4.46. The van der Waals surface area contributed by atoms with Crippen molar-refractivity contribution in [2.75, 3.05) is 13.1 Å². The summed E-state index contributed by atoms with van der Waals surface area (Å²) in [5, 5.41) is 4.88. The van der Waals surface area contributed by atoms with E-state index in [9.17, 15) is 0 Å². The first-order valence-electron chi connectivity index (χ1n) is 5.66. The van der Waals surface area contributed by atoms with Crippen LogP contribution in [0.4, 0.5) is 0 Å². The highest BCUT2D eigenvalue weighted by molar-refractivity contribution is 5.85. The highest BCUT2D eigenvalue weighted by Crippen LogP contribution is 2.28. The number of para-hydroxylation sites is 1. The predicted molar refractivity (Wildman–Crippen MR) is 63.3 cm³/mol. The van der Waals surface area contributed by atoms with E-state index >= 15 is 0 Å². The number of hydrogen-bond acceptors (Lipinski definition) is 1. The molecule has 0 amide bonds. The summed E-state index contributed by atoms with van der Waals surface area (Å²) in [6.07, 6.45) is 1.14. The average Bonchev–Trinajstić information content (AvgIpc) is 2.54. The number of aromatic nitrogens is 1. The zero-order valence-electron chi connectivity index (χ0n) is 9.01. The summed E-state index contributed by atoms with van der Waals surface area (Å²) in [7, 11) is 0. The van der Waals surface area contributed by atoms with Crippen LogP contribution in [0.2, 0.25) is 0 Å². The third kappa shape index (κ3) is 1.37. The van der Waals surface area contributed by atoms with Crippen LogP contribution in [0, 0.1) is 0 Å². The lowest BCUT2D eigenvalue weighted by Gasteiger charge is -2.07. The maximum absolute atomic E-state index is 3.57. The molecular weight excluding hydrogens is 184 g/mol. The topological polar surface area (TPSA) is 27.8 Å². The Morgan fingerprint density at radius 2 is 2.13 bits per heavy atom. The first-order chi connectivity index (χ1) is 7.36. The van der Waals surface area contributed by atoms with Gasteiger partial charge in [-0.2, -0.15) is 0 Å². The van der Waals surface area contributed by atoms with Crippen molar-refractivity contribution in [3.8, 4) is 0 Å². The number of hydrogen-bond donors (Lipinski definition) is 2. The van der Waals surface area contributed by atoms with E-state index < -0.39 is 0 Å². The highest BCUT2D eigenvalue weighted by Gasteiger charge is 2.18. The molecule has 0 fully saturated rings. The quantitative estimate of drug-likeness (QED) is 0.671. The number of rotatable bonds is 0. The van der Waals surface area contributed by atoms with Crippen LogP contribution >= 0.6 is 0 Å². The number of H-pyrrole nitrogens is 1. The lowest BCUT2D eigenvalue weighted by Crippen LogP contribution is -2.18. The molecule has 1 aromatic heterocycles. The van der Waals surface area contributed by atoms with Gasteiger partial charge in [0.15, 0.2) is 0 Å². The zero-order valence-corrected chi connectivity index (χ0v) is 9.01. The molecule has 2 heterocycles. The van der Waals surface area contributed by atoms with Crippen molar-refractivity contribution in [2.24, 2.45) is 0 Å². The van der Waals surface area contributed by atoms with Crippen LogP contribution in [0.3, 0.4) is 0 Å². The number of benzene rings is 1. The molecule has 3 rings (SSSR count). The van der Waals surface area contributed by atoms with Gasteiger partial charge in [-0.3, -0.25) is 0 Å². The van der Waals surface area contributed by atoms with Gasteiger partial charge in [0.2, 0.25) is 0 Å². The summed E-state index contributed by atoms with van der Waals surface area (Å²) < 4.78 is 0. The summed E-state index contributed by atoms with van der Waals surface area (Å²) in [5.41, 5.74) is 4.24. The van der Waals surface area contributed by atoms with E-state index in [4.69, 9.17) is 0 Å². The van der Waals surface area contributed by atoms with Gasteiger partial charge in [0.1, 0.15) is 0 Å². The molecule has 0 spiro atoms. The van der Waals surface area contributed by atoms with Crippen LogP contribution in [0.1, 0.15) is 24.1 Å². The second kappa shape index (κ2) is 3.38. The van der Waals surface area contributed by atoms with Gasteiger partial charge in [-0.1, -0.05) is 25.1 Å². The van der Waals surface area contributed by atoms with Crippen LogP contribution in [-0.2, 0) is 6.42 Å². The lowest BCUT2D eigenvalue weighted by atomic mass is 10.0. The van der Waals surface area contributed by atoms with E-state index in [1.54, 1.807) is 0 Å². The molecule has 1 aliphatic rings. The Morgan fingerprint density at radius 3 is 3.07 bits per heavy atom. The summed E-state index contributed by atoms with van der Waals surface area (Å²) in [4.78, 5) is 3.57. The third-order valence-corrected chi connectivity index (χ3v) is 3.34. The van der Waals surface area contributed by atoms with Crippen molar-refractivity contribution >= 4 is 10.9 Å². The summed E-state index contributed by atoms with van der Waals surface area (Å²) >= 11 is 0.